The van der Waals surface area contributed by atoms with E-state index in [0.29, 0.717) is 16.8 Å². The molecule has 4 aromatic rings. The Hall–Kier alpha value is -3.55. The van der Waals surface area contributed by atoms with Crippen LogP contribution in [0.15, 0.2) is 47.5 Å². The molecule has 28 heavy (non-hydrogen) atoms. The molecule has 1 N–H and O–H groups in total. The fourth-order valence-electron chi connectivity index (χ4n) is 3.23. The number of nitrogens with one attached hydrogen (secondary N) is 1. The summed E-state index contributed by atoms with van der Waals surface area (Å²) < 4.78 is 3.01. The fourth-order valence-corrected chi connectivity index (χ4v) is 3.23. The summed E-state index contributed by atoms with van der Waals surface area (Å²) >= 11 is 0. The van der Waals surface area contributed by atoms with Gasteiger partial charge in [-0.25, -0.2) is 14.3 Å². The number of nitrogens with zero attached hydrogens (tertiary/aromatic N) is 5. The van der Waals surface area contributed by atoms with Gasteiger partial charge in [0.05, 0.1) is 29.2 Å². The summed E-state index contributed by atoms with van der Waals surface area (Å²) in [5.74, 6) is -0.346. The first-order valence-corrected chi connectivity index (χ1v) is 9.03. The number of hydrogen-bond donors (Lipinski definition) is 1. The Balaban J connectivity index is 1.58. The molecule has 0 aliphatic rings. The first kappa shape index (κ1) is 17.8. The fraction of sp³-hybridized carbons (Fsp3) is 0.250. The number of fused-ring (bicyclic) bond motifs is 2. The topological polar surface area (TPSA) is 94.7 Å². The molecule has 0 saturated heterocycles. The van der Waals surface area contributed by atoms with Gasteiger partial charge in [0, 0.05) is 16.8 Å². The minimum absolute atomic E-state index is 0.173. The lowest BCUT2D eigenvalue weighted by Gasteiger charge is -2.10. The van der Waals surface area contributed by atoms with E-state index in [-0.39, 0.29) is 24.1 Å². The molecule has 0 aliphatic carbocycles. The molecular weight excluding hydrogens is 356 g/mol. The molecule has 8 heteroatoms. The van der Waals surface area contributed by atoms with E-state index >= 15 is 0 Å². The zero-order valence-corrected chi connectivity index (χ0v) is 15.9. The number of benzene rings is 1. The average molecular weight is 376 g/mol. The van der Waals surface area contributed by atoms with E-state index in [4.69, 9.17) is 0 Å². The maximum absolute atomic E-state index is 12.6. The van der Waals surface area contributed by atoms with Crippen molar-refractivity contribution >= 4 is 33.4 Å². The van der Waals surface area contributed by atoms with Crippen LogP contribution in [-0.4, -0.2) is 30.5 Å². The van der Waals surface area contributed by atoms with Crippen LogP contribution in [0.4, 0.5) is 5.69 Å². The smallest absolute Gasteiger partial charge is 0.275 e. The Morgan fingerprint density at radius 3 is 2.68 bits per heavy atom. The molecule has 0 fully saturated rings. The van der Waals surface area contributed by atoms with Crippen molar-refractivity contribution in [3.05, 3.63) is 58.8 Å². The van der Waals surface area contributed by atoms with E-state index in [2.05, 4.69) is 20.5 Å². The van der Waals surface area contributed by atoms with Crippen molar-refractivity contribution in [3.8, 4) is 0 Å². The molecule has 0 unspecified atom stereocenters. The summed E-state index contributed by atoms with van der Waals surface area (Å²) in [4.78, 5) is 29.5. The molecule has 0 aliphatic heterocycles. The van der Waals surface area contributed by atoms with Gasteiger partial charge in [-0.1, -0.05) is 18.2 Å². The maximum Gasteiger partial charge on any atom is 0.275 e. The molecule has 3 aromatic heterocycles. The van der Waals surface area contributed by atoms with Gasteiger partial charge in [0.15, 0.2) is 5.65 Å². The number of carbonyl (C=O) groups is 1. The molecule has 0 atom stereocenters. The van der Waals surface area contributed by atoms with Crippen LogP contribution in [0.3, 0.4) is 0 Å². The summed E-state index contributed by atoms with van der Waals surface area (Å²) in [5.41, 5.74) is 1.72. The van der Waals surface area contributed by atoms with Crippen LogP contribution in [-0.2, 0) is 11.3 Å². The number of pyridine rings is 1. The van der Waals surface area contributed by atoms with Gasteiger partial charge in [-0.2, -0.15) is 10.2 Å². The van der Waals surface area contributed by atoms with Crippen LogP contribution in [0.25, 0.3) is 21.8 Å². The first-order valence-electron chi connectivity index (χ1n) is 9.03. The monoisotopic (exact) mass is 376 g/mol. The third-order valence-corrected chi connectivity index (χ3v) is 4.55. The normalized spacial score (nSPS) is 11.4. The second-order valence-corrected chi connectivity index (χ2v) is 6.96. The van der Waals surface area contributed by atoms with Crippen LogP contribution >= 0.6 is 0 Å². The van der Waals surface area contributed by atoms with Crippen molar-refractivity contribution in [2.75, 3.05) is 5.32 Å². The molecule has 1 aromatic carbocycles. The number of anilines is 1. The summed E-state index contributed by atoms with van der Waals surface area (Å²) in [6, 6.07) is 9.25. The third-order valence-electron chi connectivity index (χ3n) is 4.55. The molecule has 3 heterocycles. The lowest BCUT2D eigenvalue weighted by molar-refractivity contribution is -0.117. The molecule has 1 amide bonds. The first-order chi connectivity index (χ1) is 13.4. The van der Waals surface area contributed by atoms with E-state index in [1.165, 1.54) is 4.68 Å². The number of amides is 1. The summed E-state index contributed by atoms with van der Waals surface area (Å²) in [7, 11) is 0. The summed E-state index contributed by atoms with van der Waals surface area (Å²) in [6.45, 7) is 5.70. The second kappa shape index (κ2) is 6.88. The van der Waals surface area contributed by atoms with Gasteiger partial charge in [0.2, 0.25) is 5.91 Å². The Labute approximate surface area is 160 Å². The third kappa shape index (κ3) is 3.13. The standard InChI is InChI=1S/C20H20N6O2/c1-12(2)26-19-14(9-22-26)8-15(10-21-19)23-18(27)11-25-20(28)17-7-5-4-6-16(17)13(3)24-25/h4-10,12H,11H2,1-3H3,(H,23,27). The quantitative estimate of drug-likeness (QED) is 0.591. The predicted octanol–water partition coefficient (Wildman–Crippen LogP) is 2.67. The van der Waals surface area contributed by atoms with Crippen molar-refractivity contribution in [1.29, 1.82) is 0 Å². The maximum atomic E-state index is 12.6. The highest BCUT2D eigenvalue weighted by Gasteiger charge is 2.12. The lowest BCUT2D eigenvalue weighted by atomic mass is 10.1. The van der Waals surface area contributed by atoms with Crippen molar-refractivity contribution in [2.24, 2.45) is 0 Å². The Morgan fingerprint density at radius 1 is 1.18 bits per heavy atom. The molecule has 0 bridgehead atoms. The van der Waals surface area contributed by atoms with Gasteiger partial charge in [0.25, 0.3) is 5.56 Å². The molecule has 142 valence electrons. The van der Waals surface area contributed by atoms with Crippen molar-refractivity contribution < 1.29 is 4.79 Å². The van der Waals surface area contributed by atoms with E-state index in [1.54, 1.807) is 24.5 Å². The highest BCUT2D eigenvalue weighted by Crippen LogP contribution is 2.19. The Morgan fingerprint density at radius 2 is 1.93 bits per heavy atom. The van der Waals surface area contributed by atoms with Gasteiger partial charge in [-0.15, -0.1) is 0 Å². The van der Waals surface area contributed by atoms with Crippen molar-refractivity contribution in [3.63, 3.8) is 0 Å². The highest BCUT2D eigenvalue weighted by molar-refractivity contribution is 5.92. The molecule has 0 spiro atoms. The molecule has 0 radical (unpaired) electrons. The largest absolute Gasteiger partial charge is 0.323 e. The molecule has 0 saturated carbocycles. The number of aryl methyl sites for hydroxylation is 1. The SMILES string of the molecule is Cc1nn(CC(=O)Nc2cnc3c(cnn3C(C)C)c2)c(=O)c2ccccc12. The second-order valence-electron chi connectivity index (χ2n) is 6.96. The van der Waals surface area contributed by atoms with Crippen LogP contribution in [0, 0.1) is 6.92 Å². The van der Waals surface area contributed by atoms with Crippen molar-refractivity contribution in [1.82, 2.24) is 24.5 Å². The minimum atomic E-state index is -0.346. The highest BCUT2D eigenvalue weighted by atomic mass is 16.2. The minimum Gasteiger partial charge on any atom is -0.323 e. The van der Waals surface area contributed by atoms with Gasteiger partial charge in [0.1, 0.15) is 6.54 Å². The number of carbonyl (C=O) groups excluding carboxylic acids is 1. The van der Waals surface area contributed by atoms with E-state index < -0.39 is 0 Å². The van der Waals surface area contributed by atoms with Crippen LogP contribution < -0.4 is 10.9 Å². The Kier molecular flexibility index (Phi) is 4.38. The molecular formula is C20H20N6O2. The molecule has 8 nitrogen and oxygen atoms in total. The van der Waals surface area contributed by atoms with E-state index in [0.717, 1.165) is 16.4 Å². The van der Waals surface area contributed by atoms with Gasteiger partial charge < -0.3 is 5.32 Å². The van der Waals surface area contributed by atoms with Gasteiger partial charge in [-0.05, 0) is 32.9 Å². The van der Waals surface area contributed by atoms with Crippen LogP contribution in [0.2, 0.25) is 0 Å². The predicted molar refractivity (Wildman–Crippen MR) is 107 cm³/mol. The Bertz CT molecular complexity index is 1250. The zero-order chi connectivity index (χ0) is 19.8. The van der Waals surface area contributed by atoms with Crippen molar-refractivity contribution in [2.45, 2.75) is 33.4 Å². The number of hydrogen-bond acceptors (Lipinski definition) is 5. The van der Waals surface area contributed by atoms with Gasteiger partial charge >= 0.3 is 0 Å². The molecule has 4 rings (SSSR count). The van der Waals surface area contributed by atoms with E-state index in [9.17, 15) is 9.59 Å². The van der Waals surface area contributed by atoms with Crippen LogP contribution in [0.1, 0.15) is 25.6 Å². The summed E-state index contributed by atoms with van der Waals surface area (Å²) in [6.07, 6.45) is 3.30. The lowest BCUT2D eigenvalue weighted by Crippen LogP contribution is -2.30. The van der Waals surface area contributed by atoms with Crippen LogP contribution in [0.5, 0.6) is 0 Å². The number of aromatic nitrogens is 5. The zero-order valence-electron chi connectivity index (χ0n) is 15.9. The van der Waals surface area contributed by atoms with E-state index in [1.807, 2.05) is 43.7 Å². The van der Waals surface area contributed by atoms with Gasteiger partial charge in [-0.3, -0.25) is 9.59 Å². The average Bonchev–Trinajstić information content (AvgIpc) is 3.09. The number of rotatable bonds is 4. The summed E-state index contributed by atoms with van der Waals surface area (Å²) in [5, 5.41) is 13.5.